The maximum atomic E-state index is 13.2. The van der Waals surface area contributed by atoms with Crippen LogP contribution in [0.3, 0.4) is 0 Å². The van der Waals surface area contributed by atoms with Crippen molar-refractivity contribution in [2.45, 2.75) is 51.2 Å². The van der Waals surface area contributed by atoms with Crippen LogP contribution in [0.4, 0.5) is 18.9 Å². The molecule has 0 aliphatic carbocycles. The lowest BCUT2D eigenvalue weighted by molar-refractivity contribution is -0.179. The molecule has 8 nitrogen and oxygen atoms in total. The van der Waals surface area contributed by atoms with Gasteiger partial charge in [0, 0.05) is 42.5 Å². The lowest BCUT2D eigenvalue weighted by Gasteiger charge is -2.35. The zero-order valence-electron chi connectivity index (χ0n) is 22.2. The largest absolute Gasteiger partial charge is 0.479 e. The summed E-state index contributed by atoms with van der Waals surface area (Å²) in [4.78, 5) is 15.9. The van der Waals surface area contributed by atoms with Crippen LogP contribution in [0.5, 0.6) is 5.88 Å². The number of piperidine rings is 1. The highest BCUT2D eigenvalue weighted by Crippen LogP contribution is 2.40. The molecule has 1 saturated heterocycles. The van der Waals surface area contributed by atoms with Gasteiger partial charge in [-0.3, -0.25) is 0 Å². The number of imidazole rings is 1. The van der Waals surface area contributed by atoms with E-state index in [4.69, 9.17) is 26.4 Å². The average molecular weight is 572 g/mol. The fourth-order valence-electron chi connectivity index (χ4n) is 5.67. The molecule has 3 aromatic heterocycles. The third kappa shape index (κ3) is 5.02. The highest BCUT2D eigenvalue weighted by molar-refractivity contribution is 6.31. The predicted molar refractivity (Wildman–Crippen MR) is 145 cm³/mol. The Morgan fingerprint density at radius 1 is 1.02 bits per heavy atom. The molecule has 1 aromatic carbocycles. The Morgan fingerprint density at radius 2 is 1.82 bits per heavy atom. The minimum absolute atomic E-state index is 0.0924. The van der Waals surface area contributed by atoms with Gasteiger partial charge in [-0.05, 0) is 68.5 Å². The van der Waals surface area contributed by atoms with Gasteiger partial charge in [0.1, 0.15) is 17.2 Å². The van der Waals surface area contributed by atoms with Crippen LogP contribution in [-0.2, 0) is 6.54 Å². The third-order valence-electron chi connectivity index (χ3n) is 7.81. The number of benzene rings is 1. The normalized spacial score (nSPS) is 18.1. The van der Waals surface area contributed by atoms with Crippen molar-refractivity contribution in [3.8, 4) is 23.1 Å². The standard InChI is InChI=1S/C28H29ClF3N7O/c1-17-15-38(16-33-17)24-8-7-23(34-27(24)40-2)25-35-26-20(4-3-11-39(26)36-25)21-14-19(5-6-22(21)29)37-12-9-18(10-13-37)28(30,31)32/h5-8,14-16,18,20H,3-4,9-13H2,1-2H3/t20-/m1/s1. The molecule has 2 aliphatic heterocycles. The fraction of sp³-hybridized carbons (Fsp3) is 0.429. The smallest absolute Gasteiger partial charge is 0.391 e. The molecule has 6 rings (SSSR count). The second kappa shape index (κ2) is 10.4. The summed E-state index contributed by atoms with van der Waals surface area (Å²) >= 11 is 6.70. The Morgan fingerprint density at radius 3 is 2.52 bits per heavy atom. The molecule has 40 heavy (non-hydrogen) atoms. The first-order chi connectivity index (χ1) is 19.2. The molecule has 0 unspecified atom stereocenters. The van der Waals surface area contributed by atoms with E-state index in [2.05, 4.69) is 9.97 Å². The van der Waals surface area contributed by atoms with Crippen LogP contribution >= 0.6 is 11.6 Å². The van der Waals surface area contributed by atoms with Gasteiger partial charge < -0.3 is 14.2 Å². The molecule has 1 atom stereocenters. The minimum atomic E-state index is -4.14. The summed E-state index contributed by atoms with van der Waals surface area (Å²) < 4.78 is 48.8. The van der Waals surface area contributed by atoms with Gasteiger partial charge in [0.2, 0.25) is 5.88 Å². The van der Waals surface area contributed by atoms with E-state index in [0.717, 1.165) is 47.8 Å². The van der Waals surface area contributed by atoms with Crippen molar-refractivity contribution in [2.75, 3.05) is 25.1 Å². The van der Waals surface area contributed by atoms with E-state index >= 15 is 0 Å². The molecule has 0 N–H and O–H groups in total. The summed E-state index contributed by atoms with van der Waals surface area (Å²) in [5.74, 6) is 0.395. The number of halogens is 4. The van der Waals surface area contributed by atoms with E-state index in [9.17, 15) is 13.2 Å². The van der Waals surface area contributed by atoms with Crippen molar-refractivity contribution in [2.24, 2.45) is 5.92 Å². The van der Waals surface area contributed by atoms with E-state index in [1.54, 1.807) is 13.4 Å². The molecule has 1 fully saturated rings. The maximum Gasteiger partial charge on any atom is 0.391 e. The number of aromatic nitrogens is 6. The van der Waals surface area contributed by atoms with Crippen LogP contribution in [0.2, 0.25) is 5.02 Å². The zero-order chi connectivity index (χ0) is 28.0. The van der Waals surface area contributed by atoms with Crippen molar-refractivity contribution in [1.82, 2.24) is 29.3 Å². The maximum absolute atomic E-state index is 13.2. The highest BCUT2D eigenvalue weighted by atomic mass is 35.5. The topological polar surface area (TPSA) is 73.9 Å². The molecular weight excluding hydrogens is 543 g/mol. The van der Waals surface area contributed by atoms with E-state index in [1.807, 2.05) is 57.6 Å². The quantitative estimate of drug-likeness (QED) is 0.284. The number of fused-ring (bicyclic) bond motifs is 1. The van der Waals surface area contributed by atoms with E-state index < -0.39 is 12.1 Å². The molecule has 12 heteroatoms. The number of rotatable bonds is 5. The number of methoxy groups -OCH3 is 1. The van der Waals surface area contributed by atoms with Gasteiger partial charge in [0.15, 0.2) is 5.82 Å². The molecular formula is C28H29ClF3N7O. The summed E-state index contributed by atoms with van der Waals surface area (Å²) in [7, 11) is 1.57. The zero-order valence-corrected chi connectivity index (χ0v) is 23.0. The second-order valence-corrected chi connectivity index (χ2v) is 10.8. The van der Waals surface area contributed by atoms with E-state index in [-0.39, 0.29) is 18.8 Å². The Balaban J connectivity index is 1.28. The Bertz CT molecular complexity index is 1520. The van der Waals surface area contributed by atoms with Crippen molar-refractivity contribution in [3.05, 3.63) is 65.0 Å². The van der Waals surface area contributed by atoms with Gasteiger partial charge in [-0.2, -0.15) is 13.2 Å². The van der Waals surface area contributed by atoms with E-state index in [1.165, 1.54) is 0 Å². The van der Waals surface area contributed by atoms with E-state index in [0.29, 0.717) is 35.5 Å². The lowest BCUT2D eigenvalue weighted by Crippen LogP contribution is -2.39. The molecule has 0 amide bonds. The van der Waals surface area contributed by atoms with Gasteiger partial charge in [0.25, 0.3) is 0 Å². The summed E-state index contributed by atoms with van der Waals surface area (Å²) in [6, 6.07) is 9.50. The summed E-state index contributed by atoms with van der Waals surface area (Å²) in [5.41, 5.74) is 4.03. The molecule has 0 radical (unpaired) electrons. The minimum Gasteiger partial charge on any atom is -0.479 e. The first-order valence-electron chi connectivity index (χ1n) is 13.3. The van der Waals surface area contributed by atoms with Crippen LogP contribution < -0.4 is 9.64 Å². The predicted octanol–water partition coefficient (Wildman–Crippen LogP) is 6.20. The van der Waals surface area contributed by atoms with Gasteiger partial charge in [0.05, 0.1) is 25.0 Å². The number of nitrogens with zero attached hydrogens (tertiary/aromatic N) is 7. The Labute approximate surface area is 234 Å². The number of ether oxygens (including phenoxy) is 1. The monoisotopic (exact) mass is 571 g/mol. The first kappa shape index (κ1) is 26.6. The summed E-state index contributed by atoms with van der Waals surface area (Å²) in [5, 5.41) is 5.37. The summed E-state index contributed by atoms with van der Waals surface area (Å²) in [6.07, 6.45) is 1.40. The average Bonchev–Trinajstić information content (AvgIpc) is 3.59. The van der Waals surface area contributed by atoms with Gasteiger partial charge >= 0.3 is 6.18 Å². The molecule has 210 valence electrons. The van der Waals surface area contributed by atoms with Gasteiger partial charge in [-0.25, -0.2) is 19.6 Å². The van der Waals surface area contributed by atoms with Crippen LogP contribution in [0, 0.1) is 12.8 Å². The van der Waals surface area contributed by atoms with Crippen LogP contribution in [0.1, 0.15) is 48.7 Å². The second-order valence-electron chi connectivity index (χ2n) is 10.4. The number of alkyl halides is 3. The van der Waals surface area contributed by atoms with Crippen molar-refractivity contribution >= 4 is 17.3 Å². The number of pyridine rings is 1. The number of hydrogen-bond donors (Lipinski definition) is 0. The Kier molecular flexibility index (Phi) is 6.93. The lowest BCUT2D eigenvalue weighted by atomic mass is 9.90. The number of anilines is 1. The molecule has 0 bridgehead atoms. The molecule has 2 aliphatic rings. The number of aryl methyl sites for hydroxylation is 2. The highest BCUT2D eigenvalue weighted by Gasteiger charge is 2.41. The van der Waals surface area contributed by atoms with Crippen LogP contribution in [0.25, 0.3) is 17.2 Å². The van der Waals surface area contributed by atoms with Crippen LogP contribution in [0.15, 0.2) is 42.9 Å². The van der Waals surface area contributed by atoms with Crippen molar-refractivity contribution < 1.29 is 17.9 Å². The van der Waals surface area contributed by atoms with Gasteiger partial charge in [-0.15, -0.1) is 5.10 Å². The Hall–Kier alpha value is -3.60. The molecule has 0 saturated carbocycles. The number of hydrogen-bond acceptors (Lipinski definition) is 6. The van der Waals surface area contributed by atoms with Crippen LogP contribution in [-0.4, -0.2) is 55.7 Å². The van der Waals surface area contributed by atoms with Crippen molar-refractivity contribution in [3.63, 3.8) is 0 Å². The summed E-state index contributed by atoms with van der Waals surface area (Å²) in [6.45, 7) is 3.36. The first-order valence-corrected chi connectivity index (χ1v) is 13.7. The molecule has 5 heterocycles. The SMILES string of the molecule is COc1nc(-c2nc3n(n2)CCC[C@@H]3c2cc(N3CCC(C(F)(F)F)CC3)ccc2Cl)ccc1-n1cnc(C)c1. The van der Waals surface area contributed by atoms with Crippen molar-refractivity contribution in [1.29, 1.82) is 0 Å². The molecule has 0 spiro atoms. The molecule has 4 aromatic rings. The third-order valence-corrected chi connectivity index (χ3v) is 8.15. The van der Waals surface area contributed by atoms with Gasteiger partial charge in [-0.1, -0.05) is 11.6 Å². The fourth-order valence-corrected chi connectivity index (χ4v) is 5.92.